The number of para-hydroxylation sites is 1. The molecule has 6 heteroatoms. The minimum Gasteiger partial charge on any atom is -0.350 e. The lowest BCUT2D eigenvalue weighted by Gasteiger charge is -2.16. The van der Waals surface area contributed by atoms with Gasteiger partial charge in [0.05, 0.1) is 5.52 Å². The van der Waals surface area contributed by atoms with Gasteiger partial charge in [0.2, 0.25) is 0 Å². The molecule has 29 heavy (non-hydrogen) atoms. The maximum Gasteiger partial charge on any atom is 0.272 e. The first kappa shape index (κ1) is 18.2. The van der Waals surface area contributed by atoms with Crippen molar-refractivity contribution in [3.05, 3.63) is 52.0 Å². The van der Waals surface area contributed by atoms with Crippen LogP contribution in [-0.4, -0.2) is 32.6 Å². The number of carbonyl (C=O) groups excluding carboxylic acids is 2. The average Bonchev–Trinajstić information content (AvgIpc) is 3.19. The van der Waals surface area contributed by atoms with E-state index in [0.717, 1.165) is 30.6 Å². The molecule has 0 saturated carbocycles. The first-order valence-corrected chi connectivity index (χ1v) is 10.5. The molecule has 1 aliphatic carbocycles. The zero-order valence-electron chi connectivity index (χ0n) is 17.0. The van der Waals surface area contributed by atoms with E-state index in [2.05, 4.69) is 40.1 Å². The highest BCUT2D eigenvalue weighted by molar-refractivity contribution is 5.96. The van der Waals surface area contributed by atoms with Crippen molar-refractivity contribution < 1.29 is 9.59 Å². The van der Waals surface area contributed by atoms with E-state index in [1.54, 1.807) is 4.68 Å². The standard InChI is InChI=1S/C23H26N4O2/c1-14-17(18-7-3-5-15-6-4-12-27(14)22(15)18)10-11-24-23(29)21-19-13-16(28)8-9-20(19)26(2)25-21/h3,5,7H,4,6,8-13H2,1-2H3,(H,24,29). The van der Waals surface area contributed by atoms with E-state index in [1.165, 1.54) is 34.1 Å². The molecule has 0 spiro atoms. The zero-order chi connectivity index (χ0) is 20.1. The van der Waals surface area contributed by atoms with Crippen LogP contribution in [0.1, 0.15) is 51.4 Å². The van der Waals surface area contributed by atoms with Crippen molar-refractivity contribution in [1.82, 2.24) is 19.7 Å². The van der Waals surface area contributed by atoms with Crippen LogP contribution in [0.15, 0.2) is 18.2 Å². The van der Waals surface area contributed by atoms with Crippen molar-refractivity contribution >= 4 is 22.6 Å². The molecule has 3 heterocycles. The molecule has 0 unspecified atom stereocenters. The number of rotatable bonds is 4. The fourth-order valence-electron chi connectivity index (χ4n) is 5.12. The molecule has 0 saturated heterocycles. The van der Waals surface area contributed by atoms with E-state index < -0.39 is 0 Å². The summed E-state index contributed by atoms with van der Waals surface area (Å²) in [6.07, 6.45) is 4.65. The lowest BCUT2D eigenvalue weighted by atomic mass is 9.94. The van der Waals surface area contributed by atoms with Crippen molar-refractivity contribution in [2.24, 2.45) is 7.05 Å². The molecule has 1 aliphatic heterocycles. The Kier molecular flexibility index (Phi) is 4.30. The van der Waals surface area contributed by atoms with Crippen molar-refractivity contribution in [2.45, 2.75) is 52.0 Å². The molecule has 0 fully saturated rings. The molecular weight excluding hydrogens is 364 g/mol. The zero-order valence-corrected chi connectivity index (χ0v) is 17.0. The Morgan fingerprint density at radius 3 is 2.97 bits per heavy atom. The highest BCUT2D eigenvalue weighted by atomic mass is 16.2. The Labute approximate surface area is 169 Å². The normalized spacial score (nSPS) is 15.6. The van der Waals surface area contributed by atoms with Crippen LogP contribution in [0, 0.1) is 6.92 Å². The highest BCUT2D eigenvalue weighted by Gasteiger charge is 2.27. The van der Waals surface area contributed by atoms with Crippen LogP contribution in [0.5, 0.6) is 0 Å². The minimum atomic E-state index is -0.178. The van der Waals surface area contributed by atoms with Crippen LogP contribution < -0.4 is 5.32 Å². The molecule has 3 aromatic rings. The Morgan fingerprint density at radius 2 is 2.10 bits per heavy atom. The monoisotopic (exact) mass is 390 g/mol. The first-order chi connectivity index (χ1) is 14.0. The Hall–Kier alpha value is -2.89. The first-order valence-electron chi connectivity index (χ1n) is 10.5. The summed E-state index contributed by atoms with van der Waals surface area (Å²) in [5, 5.41) is 8.76. The molecule has 0 bridgehead atoms. The number of fused-ring (bicyclic) bond motifs is 1. The van der Waals surface area contributed by atoms with E-state index in [0.29, 0.717) is 31.5 Å². The number of Topliss-reactive ketones (excluding diaryl/α,β-unsaturated/α-hetero) is 1. The summed E-state index contributed by atoms with van der Waals surface area (Å²) >= 11 is 0. The van der Waals surface area contributed by atoms with Crippen molar-refractivity contribution in [3.8, 4) is 0 Å². The number of ketones is 1. The number of amides is 1. The van der Waals surface area contributed by atoms with Crippen molar-refractivity contribution in [3.63, 3.8) is 0 Å². The van der Waals surface area contributed by atoms with E-state index in [9.17, 15) is 9.59 Å². The van der Waals surface area contributed by atoms with Gasteiger partial charge in [-0.05, 0) is 43.7 Å². The predicted molar refractivity (Wildman–Crippen MR) is 111 cm³/mol. The summed E-state index contributed by atoms with van der Waals surface area (Å²) in [4.78, 5) is 24.7. The maximum absolute atomic E-state index is 12.8. The lowest BCUT2D eigenvalue weighted by molar-refractivity contribution is -0.118. The highest BCUT2D eigenvalue weighted by Crippen LogP contribution is 2.32. The second-order valence-corrected chi connectivity index (χ2v) is 8.25. The van der Waals surface area contributed by atoms with Gasteiger partial charge in [0.1, 0.15) is 5.78 Å². The third kappa shape index (κ3) is 2.89. The molecule has 1 aromatic carbocycles. The summed E-state index contributed by atoms with van der Waals surface area (Å²) in [5.41, 5.74) is 7.66. The topological polar surface area (TPSA) is 68.9 Å². The number of hydrogen-bond donors (Lipinski definition) is 1. The van der Waals surface area contributed by atoms with Crippen molar-refractivity contribution in [2.75, 3.05) is 6.54 Å². The summed E-state index contributed by atoms with van der Waals surface area (Å²) < 4.78 is 4.19. The van der Waals surface area contributed by atoms with Gasteiger partial charge in [0, 0.05) is 55.3 Å². The van der Waals surface area contributed by atoms with Gasteiger partial charge in [-0.25, -0.2) is 0 Å². The van der Waals surface area contributed by atoms with Gasteiger partial charge < -0.3 is 9.88 Å². The van der Waals surface area contributed by atoms with E-state index >= 15 is 0 Å². The number of hydrogen-bond acceptors (Lipinski definition) is 3. The molecule has 1 N–H and O–H groups in total. The van der Waals surface area contributed by atoms with Crippen LogP contribution in [0.3, 0.4) is 0 Å². The van der Waals surface area contributed by atoms with Gasteiger partial charge in [-0.2, -0.15) is 5.10 Å². The molecule has 150 valence electrons. The predicted octanol–water partition coefficient (Wildman–Crippen LogP) is 2.66. The molecule has 2 aliphatic rings. The number of aromatic nitrogens is 3. The fraction of sp³-hybridized carbons (Fsp3) is 0.435. The third-order valence-corrected chi connectivity index (χ3v) is 6.55. The maximum atomic E-state index is 12.8. The van der Waals surface area contributed by atoms with Gasteiger partial charge in [-0.3, -0.25) is 14.3 Å². The van der Waals surface area contributed by atoms with Crippen LogP contribution in [0.2, 0.25) is 0 Å². The molecule has 0 radical (unpaired) electrons. The summed E-state index contributed by atoms with van der Waals surface area (Å²) in [6, 6.07) is 6.58. The summed E-state index contributed by atoms with van der Waals surface area (Å²) in [6.45, 7) is 3.81. The number of benzene rings is 1. The molecule has 6 nitrogen and oxygen atoms in total. The Bertz CT molecular complexity index is 1150. The quantitative estimate of drug-likeness (QED) is 0.745. The summed E-state index contributed by atoms with van der Waals surface area (Å²) in [5.74, 6) is 0.00672. The van der Waals surface area contributed by atoms with Crippen LogP contribution in [0.25, 0.3) is 10.9 Å². The number of carbonyl (C=O) groups is 2. The van der Waals surface area contributed by atoms with Crippen LogP contribution in [-0.2, 0) is 44.1 Å². The summed E-state index contributed by atoms with van der Waals surface area (Å²) in [7, 11) is 1.85. The number of aryl methyl sites for hydroxylation is 3. The molecule has 5 rings (SSSR count). The van der Waals surface area contributed by atoms with E-state index in [-0.39, 0.29) is 11.7 Å². The van der Waals surface area contributed by atoms with Crippen LogP contribution >= 0.6 is 0 Å². The molecule has 1 amide bonds. The second kappa shape index (κ2) is 6.87. The smallest absolute Gasteiger partial charge is 0.272 e. The fourth-order valence-corrected chi connectivity index (χ4v) is 5.12. The number of nitrogens with zero attached hydrogens (tertiary/aromatic N) is 3. The average molecular weight is 390 g/mol. The van der Waals surface area contributed by atoms with Crippen molar-refractivity contribution in [1.29, 1.82) is 0 Å². The van der Waals surface area contributed by atoms with Gasteiger partial charge >= 0.3 is 0 Å². The van der Waals surface area contributed by atoms with Gasteiger partial charge in [-0.15, -0.1) is 0 Å². The molecular formula is C23H26N4O2. The largest absolute Gasteiger partial charge is 0.350 e. The lowest BCUT2D eigenvalue weighted by Crippen LogP contribution is -2.28. The van der Waals surface area contributed by atoms with Gasteiger partial charge in [0.15, 0.2) is 5.69 Å². The van der Waals surface area contributed by atoms with Crippen LogP contribution in [0.4, 0.5) is 0 Å². The molecule has 2 aromatic heterocycles. The molecule has 0 atom stereocenters. The SMILES string of the molecule is Cc1c(CCNC(=O)c2nn(C)c3c2CC(=O)CC3)c2cccc3c2n1CCC3. The van der Waals surface area contributed by atoms with E-state index in [4.69, 9.17) is 0 Å². The third-order valence-electron chi connectivity index (χ3n) is 6.55. The second-order valence-electron chi connectivity index (χ2n) is 8.25. The number of nitrogens with one attached hydrogen (secondary N) is 1. The van der Waals surface area contributed by atoms with Gasteiger partial charge in [0.25, 0.3) is 5.91 Å². The Morgan fingerprint density at radius 1 is 1.24 bits per heavy atom. The Balaban J connectivity index is 1.35. The van der Waals surface area contributed by atoms with Gasteiger partial charge in [-0.1, -0.05) is 18.2 Å². The minimum absolute atomic E-state index is 0.178. The van der Waals surface area contributed by atoms with E-state index in [1.807, 2.05) is 7.05 Å².